The summed E-state index contributed by atoms with van der Waals surface area (Å²) in [6.45, 7) is 0.592. The summed E-state index contributed by atoms with van der Waals surface area (Å²) in [6.07, 6.45) is -0.686. The van der Waals surface area contributed by atoms with E-state index in [-0.39, 0.29) is 24.9 Å². The number of benzene rings is 7. The van der Waals surface area contributed by atoms with E-state index in [4.69, 9.17) is 14.2 Å². The quantitative estimate of drug-likeness (QED) is 0.0825. The molecule has 7 heteroatoms. The molecule has 1 aliphatic carbocycles. The fraction of sp³-hybridized carbons (Fsp3) is 0.137. The highest BCUT2D eigenvalue weighted by molar-refractivity contribution is 8.00. The molecule has 58 heavy (non-hydrogen) atoms. The highest BCUT2D eigenvalue weighted by atomic mass is 32.2. The number of hydrogen-bond acceptors (Lipinski definition) is 6. The molecule has 1 N–H and O–H groups in total. The lowest BCUT2D eigenvalue weighted by Gasteiger charge is -2.36. The second-order valence-corrected chi connectivity index (χ2v) is 15.4. The van der Waals surface area contributed by atoms with Crippen molar-refractivity contribution in [1.82, 2.24) is 5.32 Å². The zero-order valence-electron chi connectivity index (χ0n) is 31.9. The Kier molecular flexibility index (Phi) is 12.0. The van der Waals surface area contributed by atoms with Crippen LogP contribution in [0.5, 0.6) is 5.75 Å². The number of hydrogen-bond donors (Lipinski definition) is 1. The minimum atomic E-state index is -1.04. The minimum Gasteiger partial charge on any atom is -0.489 e. The van der Waals surface area contributed by atoms with Gasteiger partial charge in [-0.05, 0) is 62.2 Å². The van der Waals surface area contributed by atoms with Crippen molar-refractivity contribution in [2.75, 3.05) is 12.4 Å². The Morgan fingerprint density at radius 3 is 1.53 bits per heavy atom. The van der Waals surface area contributed by atoms with Crippen LogP contribution in [0, 0.1) is 0 Å². The molecule has 7 aromatic carbocycles. The molecule has 8 rings (SSSR count). The standard InChI is InChI=1S/C51H43NO5S/c53-49(56-34-38-29-31-42(32-30-38)55-33-37-17-5-1-6-18-37)48(52-50(54)57-35-47-45-27-15-13-25-43(45)44-26-14-16-28-46(44)47)36-58-51(39-19-7-2-8-20-39,40-21-9-3-10-22-40)41-23-11-4-12-24-41/h1-32,47-48H,33-36H2,(H,52,54)/t48-/m0/s1. The van der Waals surface area contributed by atoms with Crippen molar-refractivity contribution in [3.8, 4) is 16.9 Å². The Hall–Kier alpha value is -6.57. The molecule has 0 saturated heterocycles. The number of amides is 1. The number of ether oxygens (including phenoxy) is 3. The molecule has 0 spiro atoms. The van der Waals surface area contributed by atoms with Gasteiger partial charge in [-0.15, -0.1) is 11.8 Å². The van der Waals surface area contributed by atoms with Crippen LogP contribution in [0.3, 0.4) is 0 Å². The summed E-state index contributed by atoms with van der Waals surface area (Å²) in [5.41, 5.74) is 9.49. The summed E-state index contributed by atoms with van der Waals surface area (Å²) in [5, 5.41) is 2.92. The molecule has 0 unspecified atom stereocenters. The molecule has 6 nitrogen and oxygen atoms in total. The number of carbonyl (C=O) groups excluding carboxylic acids is 2. The van der Waals surface area contributed by atoms with E-state index >= 15 is 0 Å². The molecule has 0 fully saturated rings. The normalized spacial score (nSPS) is 12.5. The smallest absolute Gasteiger partial charge is 0.407 e. The fourth-order valence-corrected chi connectivity index (χ4v) is 9.15. The van der Waals surface area contributed by atoms with Crippen LogP contribution in [0.1, 0.15) is 44.9 Å². The van der Waals surface area contributed by atoms with Crippen molar-refractivity contribution >= 4 is 23.8 Å². The first-order valence-corrected chi connectivity index (χ1v) is 20.4. The van der Waals surface area contributed by atoms with E-state index in [1.54, 1.807) is 11.8 Å². The molecule has 288 valence electrons. The third-order valence-electron chi connectivity index (χ3n) is 10.5. The first-order chi connectivity index (χ1) is 28.6. The minimum absolute atomic E-state index is 0.0204. The summed E-state index contributed by atoms with van der Waals surface area (Å²) in [7, 11) is 0. The molecule has 1 aliphatic rings. The lowest BCUT2D eigenvalue weighted by Crippen LogP contribution is -2.45. The number of alkyl carbamates (subject to hydrolysis) is 1. The highest BCUT2D eigenvalue weighted by Crippen LogP contribution is 2.49. The Bertz CT molecular complexity index is 2280. The maximum Gasteiger partial charge on any atom is 0.407 e. The Labute approximate surface area is 343 Å². The first-order valence-electron chi connectivity index (χ1n) is 19.4. The van der Waals surface area contributed by atoms with Gasteiger partial charge in [0.05, 0.1) is 4.75 Å². The first kappa shape index (κ1) is 38.3. The van der Waals surface area contributed by atoms with Crippen molar-refractivity contribution in [3.63, 3.8) is 0 Å². The summed E-state index contributed by atoms with van der Waals surface area (Å²) in [4.78, 5) is 27.9. The van der Waals surface area contributed by atoms with Gasteiger partial charge in [-0.25, -0.2) is 9.59 Å². The van der Waals surface area contributed by atoms with Crippen LogP contribution in [-0.4, -0.2) is 30.5 Å². The van der Waals surface area contributed by atoms with Gasteiger partial charge in [0.25, 0.3) is 0 Å². The molecule has 0 aromatic heterocycles. The van der Waals surface area contributed by atoms with E-state index in [9.17, 15) is 9.59 Å². The van der Waals surface area contributed by atoms with Crippen molar-refractivity contribution in [2.24, 2.45) is 0 Å². The van der Waals surface area contributed by atoms with Gasteiger partial charge in [0.2, 0.25) is 0 Å². The van der Waals surface area contributed by atoms with Crippen LogP contribution in [0.2, 0.25) is 0 Å². The Morgan fingerprint density at radius 2 is 1.00 bits per heavy atom. The molecule has 0 heterocycles. The molecule has 0 aliphatic heterocycles. The van der Waals surface area contributed by atoms with Crippen LogP contribution in [0.15, 0.2) is 194 Å². The maximum absolute atomic E-state index is 14.2. The van der Waals surface area contributed by atoms with E-state index < -0.39 is 22.9 Å². The van der Waals surface area contributed by atoms with Gasteiger partial charge < -0.3 is 19.5 Å². The van der Waals surface area contributed by atoms with Crippen LogP contribution < -0.4 is 10.1 Å². The van der Waals surface area contributed by atoms with Crippen molar-refractivity contribution in [3.05, 3.63) is 233 Å². The number of rotatable bonds is 15. The SMILES string of the molecule is O=C(N[C@@H](CSC(c1ccccc1)(c1ccccc1)c1ccccc1)C(=O)OCc1ccc(OCc2ccccc2)cc1)OCC1c2ccccc2-c2ccccc21. The largest absolute Gasteiger partial charge is 0.489 e. The van der Waals surface area contributed by atoms with Crippen LogP contribution in [-0.2, 0) is 32.2 Å². The predicted octanol–water partition coefficient (Wildman–Crippen LogP) is 10.9. The zero-order valence-corrected chi connectivity index (χ0v) is 32.7. The van der Waals surface area contributed by atoms with E-state index in [1.165, 1.54) is 0 Å². The molecule has 1 atom stereocenters. The Morgan fingerprint density at radius 1 is 0.534 bits per heavy atom. The molecule has 0 radical (unpaired) electrons. The summed E-state index contributed by atoms with van der Waals surface area (Å²) in [6, 6.07) is 63.6. The topological polar surface area (TPSA) is 73.9 Å². The highest BCUT2D eigenvalue weighted by Gasteiger charge is 2.39. The number of carbonyl (C=O) groups is 2. The molecule has 0 saturated carbocycles. The molecular weight excluding hydrogens is 739 g/mol. The summed E-state index contributed by atoms with van der Waals surface area (Å²) >= 11 is 1.57. The fourth-order valence-electron chi connectivity index (χ4n) is 7.61. The molecule has 1 amide bonds. The third-order valence-corrected chi connectivity index (χ3v) is 12.1. The molecule has 0 bridgehead atoms. The van der Waals surface area contributed by atoms with Gasteiger partial charge in [-0.2, -0.15) is 0 Å². The van der Waals surface area contributed by atoms with E-state index in [0.717, 1.165) is 50.1 Å². The Balaban J connectivity index is 1.03. The predicted molar refractivity (Wildman–Crippen MR) is 231 cm³/mol. The van der Waals surface area contributed by atoms with E-state index in [2.05, 4.69) is 66.0 Å². The number of fused-ring (bicyclic) bond motifs is 3. The number of nitrogens with one attached hydrogen (secondary N) is 1. The molecular formula is C51H43NO5S. The van der Waals surface area contributed by atoms with Gasteiger partial charge in [0.1, 0.15) is 31.6 Å². The van der Waals surface area contributed by atoms with Crippen LogP contribution in [0.25, 0.3) is 11.1 Å². The van der Waals surface area contributed by atoms with Crippen molar-refractivity contribution < 1.29 is 23.8 Å². The average Bonchev–Trinajstić information content (AvgIpc) is 3.61. The zero-order chi connectivity index (χ0) is 39.6. The third kappa shape index (κ3) is 8.55. The number of thioether (sulfide) groups is 1. The summed E-state index contributed by atoms with van der Waals surface area (Å²) in [5.74, 6) is 0.214. The van der Waals surface area contributed by atoms with Gasteiger partial charge in [0.15, 0.2) is 0 Å². The van der Waals surface area contributed by atoms with Gasteiger partial charge in [-0.3, -0.25) is 0 Å². The van der Waals surface area contributed by atoms with Crippen LogP contribution in [0.4, 0.5) is 4.79 Å². The lowest BCUT2D eigenvalue weighted by molar-refractivity contribution is -0.146. The summed E-state index contributed by atoms with van der Waals surface area (Å²) < 4.78 is 17.1. The molecule has 7 aromatic rings. The van der Waals surface area contributed by atoms with Crippen LogP contribution >= 0.6 is 11.8 Å². The van der Waals surface area contributed by atoms with Gasteiger partial charge in [-0.1, -0.05) is 182 Å². The average molecular weight is 782 g/mol. The van der Waals surface area contributed by atoms with Gasteiger partial charge >= 0.3 is 12.1 Å². The lowest BCUT2D eigenvalue weighted by atomic mass is 9.84. The van der Waals surface area contributed by atoms with Crippen molar-refractivity contribution in [1.29, 1.82) is 0 Å². The van der Waals surface area contributed by atoms with Crippen molar-refractivity contribution in [2.45, 2.75) is 29.9 Å². The number of esters is 1. The van der Waals surface area contributed by atoms with E-state index in [1.807, 2.05) is 133 Å². The second kappa shape index (κ2) is 18.1. The maximum atomic E-state index is 14.2. The second-order valence-electron chi connectivity index (χ2n) is 14.1. The monoisotopic (exact) mass is 781 g/mol. The van der Waals surface area contributed by atoms with E-state index in [0.29, 0.717) is 12.4 Å². The van der Waals surface area contributed by atoms with Gasteiger partial charge in [0, 0.05) is 11.7 Å².